The van der Waals surface area contributed by atoms with Crippen LogP contribution in [0.25, 0.3) is 0 Å². The van der Waals surface area contributed by atoms with Crippen LogP contribution in [0.3, 0.4) is 0 Å². The summed E-state index contributed by atoms with van der Waals surface area (Å²) in [6.07, 6.45) is 3.06. The number of nitrogens with zero attached hydrogens (tertiary/aromatic N) is 1. The highest BCUT2D eigenvalue weighted by molar-refractivity contribution is 5.31. The van der Waals surface area contributed by atoms with Crippen LogP contribution in [-0.4, -0.2) is 5.11 Å². The predicted octanol–water partition coefficient (Wildman–Crippen LogP) is 4.10. The smallest absolute Gasteiger partial charge is 0.0976 e. The van der Waals surface area contributed by atoms with Crippen LogP contribution in [0, 0.1) is 16.7 Å². The molecule has 0 heterocycles. The molecule has 0 bridgehead atoms. The average Bonchev–Trinajstić information content (AvgIpc) is 2.87. The van der Waals surface area contributed by atoms with Crippen LogP contribution in [0.15, 0.2) is 24.3 Å². The molecule has 2 rings (SSSR count). The summed E-state index contributed by atoms with van der Waals surface area (Å²) in [5, 5.41) is 20.0. The van der Waals surface area contributed by atoms with Crippen molar-refractivity contribution in [3.8, 4) is 6.07 Å². The lowest BCUT2D eigenvalue weighted by Crippen LogP contribution is -2.24. The molecule has 1 aliphatic carbocycles. The van der Waals surface area contributed by atoms with E-state index in [4.69, 9.17) is 0 Å². The second-order valence-corrected chi connectivity index (χ2v) is 6.75. The van der Waals surface area contributed by atoms with Gasteiger partial charge >= 0.3 is 0 Å². The first-order chi connectivity index (χ1) is 8.89. The molecule has 2 nitrogen and oxygen atoms in total. The highest BCUT2D eigenvalue weighted by atomic mass is 16.3. The van der Waals surface area contributed by atoms with Crippen LogP contribution >= 0.6 is 0 Å². The van der Waals surface area contributed by atoms with Crippen molar-refractivity contribution in [3.63, 3.8) is 0 Å². The fourth-order valence-corrected chi connectivity index (χ4v) is 2.94. The van der Waals surface area contributed by atoms with E-state index in [1.54, 1.807) is 0 Å². The van der Waals surface area contributed by atoms with Crippen molar-refractivity contribution in [3.05, 3.63) is 35.4 Å². The van der Waals surface area contributed by atoms with Crippen LogP contribution in [0.2, 0.25) is 0 Å². The Morgan fingerprint density at radius 2 is 1.68 bits per heavy atom. The van der Waals surface area contributed by atoms with E-state index in [9.17, 15) is 10.4 Å². The zero-order chi connectivity index (χ0) is 14.1. The summed E-state index contributed by atoms with van der Waals surface area (Å²) in [6, 6.07) is 10.5. The quantitative estimate of drug-likeness (QED) is 0.866. The highest BCUT2D eigenvalue weighted by Crippen LogP contribution is 2.47. The van der Waals surface area contributed by atoms with Gasteiger partial charge in [0.15, 0.2) is 0 Å². The Bertz CT molecular complexity index is 469. The first-order valence-corrected chi connectivity index (χ1v) is 7.09. The van der Waals surface area contributed by atoms with Crippen molar-refractivity contribution in [1.82, 2.24) is 0 Å². The molecule has 0 aliphatic heterocycles. The summed E-state index contributed by atoms with van der Waals surface area (Å²) in [5.74, 6) is 0. The number of benzene rings is 1. The molecular weight excluding hydrogens is 234 g/mol. The molecular formula is C17H23NO. The minimum atomic E-state index is -0.658. The normalized spacial score (nSPS) is 19.9. The first-order valence-electron chi connectivity index (χ1n) is 7.09. The standard InChI is InChI=1S/C17H23NO/c1-16(2,3)14-8-6-13(7-9-14)15(19)17(12-18)10-4-5-11-17/h6-9,15,19H,4-5,10-11H2,1-3H3. The lowest BCUT2D eigenvalue weighted by molar-refractivity contribution is 0.0671. The topological polar surface area (TPSA) is 44.0 Å². The molecule has 1 unspecified atom stereocenters. The van der Waals surface area contributed by atoms with Gasteiger partial charge in [0.05, 0.1) is 17.6 Å². The molecule has 1 saturated carbocycles. The van der Waals surface area contributed by atoms with Gasteiger partial charge in [-0.2, -0.15) is 5.26 Å². The van der Waals surface area contributed by atoms with Gasteiger partial charge in [-0.05, 0) is 29.4 Å². The lowest BCUT2D eigenvalue weighted by Gasteiger charge is -2.28. The second kappa shape index (κ2) is 4.98. The van der Waals surface area contributed by atoms with Gasteiger partial charge in [-0.25, -0.2) is 0 Å². The van der Waals surface area contributed by atoms with E-state index in [0.717, 1.165) is 31.2 Å². The van der Waals surface area contributed by atoms with E-state index in [1.165, 1.54) is 5.56 Å². The molecule has 1 N–H and O–H groups in total. The van der Waals surface area contributed by atoms with E-state index >= 15 is 0 Å². The minimum absolute atomic E-state index is 0.115. The van der Waals surface area contributed by atoms with Crippen LogP contribution < -0.4 is 0 Å². The molecule has 0 aromatic heterocycles. The number of aliphatic hydroxyl groups is 1. The molecule has 1 aromatic carbocycles. The Hall–Kier alpha value is -1.33. The summed E-state index contributed by atoms with van der Waals surface area (Å²) >= 11 is 0. The summed E-state index contributed by atoms with van der Waals surface area (Å²) in [6.45, 7) is 6.52. The van der Waals surface area contributed by atoms with E-state index in [2.05, 4.69) is 39.0 Å². The molecule has 19 heavy (non-hydrogen) atoms. The lowest BCUT2D eigenvalue weighted by atomic mass is 9.78. The number of hydrogen-bond donors (Lipinski definition) is 1. The van der Waals surface area contributed by atoms with Crippen molar-refractivity contribution in [2.24, 2.45) is 5.41 Å². The van der Waals surface area contributed by atoms with Gasteiger partial charge in [0.1, 0.15) is 0 Å². The molecule has 102 valence electrons. The molecule has 1 aliphatic rings. The van der Waals surface area contributed by atoms with Gasteiger partial charge in [-0.3, -0.25) is 0 Å². The molecule has 0 amide bonds. The van der Waals surface area contributed by atoms with E-state index in [-0.39, 0.29) is 5.41 Å². The molecule has 1 atom stereocenters. The maximum atomic E-state index is 10.5. The van der Waals surface area contributed by atoms with Crippen molar-refractivity contribution in [1.29, 1.82) is 5.26 Å². The Labute approximate surface area is 116 Å². The van der Waals surface area contributed by atoms with Crippen molar-refractivity contribution >= 4 is 0 Å². The Morgan fingerprint density at radius 3 is 2.11 bits per heavy atom. The van der Waals surface area contributed by atoms with Gasteiger partial charge in [0.25, 0.3) is 0 Å². The van der Waals surface area contributed by atoms with E-state index < -0.39 is 11.5 Å². The van der Waals surface area contributed by atoms with E-state index in [1.807, 2.05) is 12.1 Å². The zero-order valence-electron chi connectivity index (χ0n) is 12.1. The maximum Gasteiger partial charge on any atom is 0.0976 e. The molecule has 2 heteroatoms. The molecule has 0 saturated heterocycles. The molecule has 0 spiro atoms. The molecule has 1 fully saturated rings. The molecule has 0 radical (unpaired) electrons. The highest BCUT2D eigenvalue weighted by Gasteiger charge is 2.41. The fraction of sp³-hybridized carbons (Fsp3) is 0.588. The van der Waals surface area contributed by atoms with Gasteiger partial charge in [0, 0.05) is 0 Å². The van der Waals surface area contributed by atoms with Gasteiger partial charge in [0.2, 0.25) is 0 Å². The predicted molar refractivity (Wildman–Crippen MR) is 76.6 cm³/mol. The Morgan fingerprint density at radius 1 is 1.16 bits per heavy atom. The van der Waals surface area contributed by atoms with Gasteiger partial charge < -0.3 is 5.11 Å². The van der Waals surface area contributed by atoms with Gasteiger partial charge in [-0.1, -0.05) is 57.9 Å². The van der Waals surface area contributed by atoms with Crippen molar-refractivity contribution in [2.75, 3.05) is 0 Å². The number of aliphatic hydroxyl groups excluding tert-OH is 1. The third-order valence-electron chi connectivity index (χ3n) is 4.33. The fourth-order valence-electron chi connectivity index (χ4n) is 2.94. The third kappa shape index (κ3) is 2.67. The third-order valence-corrected chi connectivity index (χ3v) is 4.33. The number of rotatable bonds is 2. The minimum Gasteiger partial charge on any atom is -0.387 e. The first kappa shape index (κ1) is 14.1. The zero-order valence-corrected chi connectivity index (χ0v) is 12.1. The Kier molecular flexibility index (Phi) is 3.69. The monoisotopic (exact) mass is 257 g/mol. The average molecular weight is 257 g/mol. The second-order valence-electron chi connectivity index (χ2n) is 6.75. The largest absolute Gasteiger partial charge is 0.387 e. The number of hydrogen-bond acceptors (Lipinski definition) is 2. The summed E-state index contributed by atoms with van der Waals surface area (Å²) < 4.78 is 0. The van der Waals surface area contributed by atoms with Crippen LogP contribution in [-0.2, 0) is 5.41 Å². The summed E-state index contributed by atoms with van der Waals surface area (Å²) in [7, 11) is 0. The summed E-state index contributed by atoms with van der Waals surface area (Å²) in [4.78, 5) is 0. The number of nitriles is 1. The van der Waals surface area contributed by atoms with Gasteiger partial charge in [-0.15, -0.1) is 0 Å². The van der Waals surface area contributed by atoms with E-state index in [0.29, 0.717) is 0 Å². The molecule has 1 aromatic rings. The SMILES string of the molecule is CC(C)(C)c1ccc(C(O)C2(C#N)CCCC2)cc1. The summed E-state index contributed by atoms with van der Waals surface area (Å²) in [5.41, 5.74) is 1.67. The van der Waals surface area contributed by atoms with Crippen LogP contribution in [0.5, 0.6) is 0 Å². The Balaban J connectivity index is 2.25. The maximum absolute atomic E-state index is 10.5. The van der Waals surface area contributed by atoms with Crippen LogP contribution in [0.1, 0.15) is 63.7 Å². The van der Waals surface area contributed by atoms with Crippen molar-refractivity contribution in [2.45, 2.75) is 58.0 Å². The van der Waals surface area contributed by atoms with Crippen molar-refractivity contribution < 1.29 is 5.11 Å². The van der Waals surface area contributed by atoms with Crippen LogP contribution in [0.4, 0.5) is 0 Å².